The Hall–Kier alpha value is -3.19. The summed E-state index contributed by atoms with van der Waals surface area (Å²) in [5.74, 6) is 0.513. The third-order valence-corrected chi connectivity index (χ3v) is 5.84. The van der Waals surface area contributed by atoms with E-state index >= 15 is 0 Å². The van der Waals surface area contributed by atoms with Crippen molar-refractivity contribution in [3.63, 3.8) is 0 Å². The molecular formula is C22H20Cl2F3N7O2. The minimum absolute atomic E-state index is 0.0730. The van der Waals surface area contributed by atoms with Crippen LogP contribution in [0.5, 0.6) is 0 Å². The molecule has 0 saturated heterocycles. The molecule has 0 aliphatic carbocycles. The van der Waals surface area contributed by atoms with Gasteiger partial charge in [0.25, 0.3) is 0 Å². The molecule has 0 aliphatic rings. The number of hydrogen-bond acceptors (Lipinski definition) is 6. The molecule has 0 amide bonds. The number of nitrogens with zero attached hydrogens (tertiary/aromatic N) is 6. The number of halogens is 5. The first-order valence-electron chi connectivity index (χ1n) is 10.7. The third kappa shape index (κ3) is 5.46. The summed E-state index contributed by atoms with van der Waals surface area (Å²) in [6.45, 7) is -0.777. The number of aromatic nitrogens is 6. The molecule has 1 atom stereocenters. The minimum Gasteiger partial charge on any atom is -0.382 e. The molecule has 0 unspecified atom stereocenters. The van der Waals surface area contributed by atoms with E-state index in [1.165, 1.54) is 28.9 Å². The van der Waals surface area contributed by atoms with E-state index in [-0.39, 0.29) is 25.5 Å². The van der Waals surface area contributed by atoms with Gasteiger partial charge in [0, 0.05) is 22.7 Å². The van der Waals surface area contributed by atoms with E-state index in [0.717, 1.165) is 9.25 Å². The summed E-state index contributed by atoms with van der Waals surface area (Å²) in [4.78, 5) is 17.6. The third-order valence-electron chi connectivity index (χ3n) is 5.25. The van der Waals surface area contributed by atoms with Gasteiger partial charge < -0.3 is 10.8 Å². The van der Waals surface area contributed by atoms with Crippen LogP contribution in [-0.4, -0.2) is 53.0 Å². The second-order valence-electron chi connectivity index (χ2n) is 7.78. The van der Waals surface area contributed by atoms with Gasteiger partial charge in [-0.3, -0.25) is 4.57 Å². The number of rotatable bonds is 8. The zero-order valence-corrected chi connectivity index (χ0v) is 20.0. The van der Waals surface area contributed by atoms with Crippen molar-refractivity contribution in [3.05, 3.63) is 74.9 Å². The Kier molecular flexibility index (Phi) is 7.50. The van der Waals surface area contributed by atoms with E-state index in [9.17, 15) is 23.1 Å². The fraction of sp³-hybridized carbons (Fsp3) is 0.273. The van der Waals surface area contributed by atoms with E-state index in [4.69, 9.17) is 28.9 Å². The highest BCUT2D eigenvalue weighted by atomic mass is 35.5. The average molecular weight is 542 g/mol. The Labute approximate surface area is 212 Å². The Bertz CT molecular complexity index is 1410. The maximum Gasteiger partial charge on any atom is 0.416 e. The summed E-state index contributed by atoms with van der Waals surface area (Å²) in [6.07, 6.45) is -7.70. The van der Waals surface area contributed by atoms with E-state index in [2.05, 4.69) is 15.2 Å². The van der Waals surface area contributed by atoms with Crippen LogP contribution < -0.4 is 11.4 Å². The van der Waals surface area contributed by atoms with Gasteiger partial charge in [-0.05, 0) is 36.4 Å². The molecule has 0 fully saturated rings. The molecule has 14 heteroatoms. The van der Waals surface area contributed by atoms with Crippen molar-refractivity contribution in [2.75, 3.05) is 6.54 Å². The van der Waals surface area contributed by atoms with Crippen molar-refractivity contribution in [3.8, 4) is 22.8 Å². The lowest BCUT2D eigenvalue weighted by Gasteiger charge is -2.15. The van der Waals surface area contributed by atoms with Gasteiger partial charge in [0.1, 0.15) is 12.4 Å². The molecule has 2 aromatic carbocycles. The van der Waals surface area contributed by atoms with Gasteiger partial charge >= 0.3 is 11.9 Å². The standard InChI is InChI=1S/C22H20Cl2F3N7O2/c23-14-7-5-13(6-8-14)20-31-34(21(36)32(20)11-17(35)22(25,26)27)12-18-29-19(30-33(18)10-9-28)15-3-1-2-4-16(15)24/h1-8,17,35H,9-12,28H2/t17-/m0/s1. The zero-order valence-electron chi connectivity index (χ0n) is 18.5. The molecule has 4 rings (SSSR count). The van der Waals surface area contributed by atoms with Gasteiger partial charge in [-0.15, -0.1) is 5.10 Å². The second-order valence-corrected chi connectivity index (χ2v) is 8.63. The van der Waals surface area contributed by atoms with Crippen LogP contribution in [0.2, 0.25) is 10.0 Å². The molecular weight excluding hydrogens is 522 g/mol. The van der Waals surface area contributed by atoms with Crippen LogP contribution in [-0.2, 0) is 19.6 Å². The van der Waals surface area contributed by atoms with Crippen molar-refractivity contribution in [2.45, 2.75) is 31.9 Å². The first-order valence-corrected chi connectivity index (χ1v) is 11.4. The molecule has 0 spiro atoms. The van der Waals surface area contributed by atoms with Crippen molar-refractivity contribution in [2.24, 2.45) is 5.73 Å². The number of aliphatic hydroxyl groups is 1. The smallest absolute Gasteiger partial charge is 0.382 e. The van der Waals surface area contributed by atoms with E-state index < -0.39 is 24.5 Å². The quantitative estimate of drug-likeness (QED) is 0.353. The summed E-state index contributed by atoms with van der Waals surface area (Å²) in [7, 11) is 0. The van der Waals surface area contributed by atoms with Gasteiger partial charge in [0.15, 0.2) is 17.8 Å². The first-order chi connectivity index (χ1) is 17.1. The number of benzene rings is 2. The predicted octanol–water partition coefficient (Wildman–Crippen LogP) is 3.21. The fourth-order valence-corrected chi connectivity index (χ4v) is 3.83. The van der Waals surface area contributed by atoms with Crippen LogP contribution >= 0.6 is 23.2 Å². The van der Waals surface area contributed by atoms with Crippen molar-refractivity contribution in [1.82, 2.24) is 29.1 Å². The van der Waals surface area contributed by atoms with Crippen LogP contribution in [0.4, 0.5) is 13.2 Å². The highest BCUT2D eigenvalue weighted by molar-refractivity contribution is 6.33. The van der Waals surface area contributed by atoms with Gasteiger partial charge in [-0.25, -0.2) is 19.1 Å². The molecule has 2 heterocycles. The molecule has 9 nitrogen and oxygen atoms in total. The van der Waals surface area contributed by atoms with Gasteiger partial charge in [0.05, 0.1) is 18.1 Å². The number of hydrogen-bond donors (Lipinski definition) is 2. The number of aliphatic hydroxyl groups excluding tert-OH is 1. The molecule has 0 saturated carbocycles. The Morgan fingerprint density at radius 1 is 1.03 bits per heavy atom. The lowest BCUT2D eigenvalue weighted by molar-refractivity contribution is -0.207. The SMILES string of the molecule is NCCn1nc(-c2ccccc2Cl)nc1Cn1nc(-c2ccc(Cl)cc2)n(C[C@H](O)C(F)(F)F)c1=O. The Morgan fingerprint density at radius 3 is 2.36 bits per heavy atom. The summed E-state index contributed by atoms with van der Waals surface area (Å²) in [5, 5.41) is 19.1. The summed E-state index contributed by atoms with van der Waals surface area (Å²) < 4.78 is 42.5. The summed E-state index contributed by atoms with van der Waals surface area (Å²) in [5.41, 5.74) is 5.72. The summed E-state index contributed by atoms with van der Waals surface area (Å²) >= 11 is 12.2. The topological polar surface area (TPSA) is 117 Å². The van der Waals surface area contributed by atoms with Crippen LogP contribution in [0.1, 0.15) is 5.82 Å². The molecule has 2 aromatic heterocycles. The van der Waals surface area contributed by atoms with E-state index in [1.54, 1.807) is 24.3 Å². The predicted molar refractivity (Wildman–Crippen MR) is 128 cm³/mol. The molecule has 3 N–H and O–H groups in total. The molecule has 0 radical (unpaired) electrons. The van der Waals surface area contributed by atoms with Gasteiger partial charge in [-0.2, -0.15) is 18.3 Å². The first kappa shape index (κ1) is 25.9. The fourth-order valence-electron chi connectivity index (χ4n) is 3.48. The monoisotopic (exact) mass is 541 g/mol. The largest absolute Gasteiger partial charge is 0.416 e. The number of alkyl halides is 3. The van der Waals surface area contributed by atoms with Gasteiger partial charge in [-0.1, -0.05) is 35.3 Å². The van der Waals surface area contributed by atoms with Crippen LogP contribution in [0.15, 0.2) is 53.3 Å². The minimum atomic E-state index is -4.93. The van der Waals surface area contributed by atoms with Gasteiger partial charge in [0.2, 0.25) is 0 Å². The Balaban J connectivity index is 1.78. The zero-order chi connectivity index (χ0) is 26.0. The highest BCUT2D eigenvalue weighted by Gasteiger charge is 2.39. The maximum absolute atomic E-state index is 13.2. The molecule has 36 heavy (non-hydrogen) atoms. The molecule has 4 aromatic rings. The van der Waals surface area contributed by atoms with E-state index in [1.807, 2.05) is 0 Å². The normalized spacial score (nSPS) is 12.8. The van der Waals surface area contributed by atoms with Crippen molar-refractivity contribution < 1.29 is 18.3 Å². The molecule has 0 bridgehead atoms. The lowest BCUT2D eigenvalue weighted by Crippen LogP contribution is -2.37. The van der Waals surface area contributed by atoms with E-state index in [0.29, 0.717) is 32.8 Å². The van der Waals surface area contributed by atoms with Crippen LogP contribution in [0, 0.1) is 0 Å². The molecule has 190 valence electrons. The maximum atomic E-state index is 13.2. The average Bonchev–Trinajstić information content (AvgIpc) is 3.36. The van der Waals surface area contributed by atoms with Crippen LogP contribution in [0.3, 0.4) is 0 Å². The molecule has 0 aliphatic heterocycles. The summed E-state index contributed by atoms with van der Waals surface area (Å²) in [6, 6.07) is 13.0. The second kappa shape index (κ2) is 10.4. The van der Waals surface area contributed by atoms with Crippen LogP contribution in [0.25, 0.3) is 22.8 Å². The Morgan fingerprint density at radius 2 is 1.72 bits per heavy atom. The number of nitrogens with two attached hydrogens (primary N) is 1. The van der Waals surface area contributed by atoms with Crippen molar-refractivity contribution in [1.29, 1.82) is 0 Å². The lowest BCUT2D eigenvalue weighted by atomic mass is 10.2. The highest BCUT2D eigenvalue weighted by Crippen LogP contribution is 2.26. The van der Waals surface area contributed by atoms with Crippen molar-refractivity contribution >= 4 is 23.2 Å².